The number of halogens is 1. The molecule has 4 aromatic rings. The maximum atomic E-state index is 9.24. The van der Waals surface area contributed by atoms with Crippen LogP contribution in [-0.2, 0) is 6.54 Å². The molecule has 35 heavy (non-hydrogen) atoms. The molecule has 2 aromatic heterocycles. The van der Waals surface area contributed by atoms with Gasteiger partial charge in [0, 0.05) is 39.9 Å². The number of aromatic nitrogens is 4. The number of nitrogens with one attached hydrogen (secondary N) is 3. The highest BCUT2D eigenvalue weighted by molar-refractivity contribution is 6.30. The molecule has 3 heterocycles. The number of anilines is 4. The summed E-state index contributed by atoms with van der Waals surface area (Å²) in [4.78, 5) is 9.28. The fourth-order valence-electron chi connectivity index (χ4n) is 4.30. The van der Waals surface area contributed by atoms with Gasteiger partial charge in [-0.05, 0) is 67.7 Å². The Morgan fingerprint density at radius 1 is 1.03 bits per heavy atom. The van der Waals surface area contributed by atoms with E-state index in [9.17, 15) is 5.11 Å². The van der Waals surface area contributed by atoms with Gasteiger partial charge in [-0.2, -0.15) is 10.1 Å². The molecule has 0 amide bonds. The van der Waals surface area contributed by atoms with Crippen molar-refractivity contribution in [2.24, 2.45) is 0 Å². The average Bonchev–Trinajstić information content (AvgIpc) is 3.34. The Morgan fingerprint density at radius 3 is 2.63 bits per heavy atom. The second kappa shape index (κ2) is 10.9. The standard InChI is InChI=1S/C26H28ClN7O/c27-21-2-1-3-23(14-21)32-26-29-16-24(20-15-30-34(17-20)12-13-35)25(33-26)31-22-6-4-18(5-7-22)19-8-10-28-11-9-19/h1-7,14-17,19,28,35H,8-13H2,(H2,29,31,32,33). The molecule has 180 valence electrons. The van der Waals surface area contributed by atoms with Crippen molar-refractivity contribution in [3.8, 4) is 11.1 Å². The van der Waals surface area contributed by atoms with E-state index in [2.05, 4.69) is 50.3 Å². The molecule has 1 fully saturated rings. The normalized spacial score (nSPS) is 14.1. The SMILES string of the molecule is OCCn1cc(-c2cnc(Nc3cccc(Cl)c3)nc2Nc2ccc(C3CCNCC3)cc2)cn1. The average molecular weight is 490 g/mol. The third kappa shape index (κ3) is 5.79. The molecule has 8 nitrogen and oxygen atoms in total. The van der Waals surface area contributed by atoms with Gasteiger partial charge in [0.2, 0.25) is 5.95 Å². The molecule has 1 aliphatic heterocycles. The van der Waals surface area contributed by atoms with Gasteiger partial charge in [0.15, 0.2) is 0 Å². The van der Waals surface area contributed by atoms with Crippen LogP contribution in [0.2, 0.25) is 5.02 Å². The van der Waals surface area contributed by atoms with E-state index in [1.807, 2.05) is 30.5 Å². The van der Waals surface area contributed by atoms with E-state index in [1.54, 1.807) is 17.1 Å². The van der Waals surface area contributed by atoms with Crippen LogP contribution in [0.4, 0.5) is 23.1 Å². The summed E-state index contributed by atoms with van der Waals surface area (Å²) in [7, 11) is 0. The monoisotopic (exact) mass is 489 g/mol. The minimum atomic E-state index is 0.0224. The molecule has 0 bridgehead atoms. The van der Waals surface area contributed by atoms with Crippen molar-refractivity contribution in [3.63, 3.8) is 0 Å². The van der Waals surface area contributed by atoms with Crippen molar-refractivity contribution in [1.29, 1.82) is 0 Å². The van der Waals surface area contributed by atoms with Gasteiger partial charge in [0.05, 0.1) is 19.3 Å². The fraction of sp³-hybridized carbons (Fsp3) is 0.269. The van der Waals surface area contributed by atoms with Crippen molar-refractivity contribution in [1.82, 2.24) is 25.1 Å². The van der Waals surface area contributed by atoms with Crippen molar-refractivity contribution in [2.75, 3.05) is 30.3 Å². The van der Waals surface area contributed by atoms with E-state index in [4.69, 9.17) is 16.6 Å². The van der Waals surface area contributed by atoms with Crippen LogP contribution in [0.5, 0.6) is 0 Å². The van der Waals surface area contributed by atoms with E-state index >= 15 is 0 Å². The zero-order valence-corrected chi connectivity index (χ0v) is 20.0. The van der Waals surface area contributed by atoms with Crippen LogP contribution in [0.25, 0.3) is 11.1 Å². The Balaban J connectivity index is 1.43. The number of aliphatic hydroxyl groups is 1. The maximum Gasteiger partial charge on any atom is 0.229 e. The fourth-order valence-corrected chi connectivity index (χ4v) is 4.49. The summed E-state index contributed by atoms with van der Waals surface area (Å²) in [6, 6.07) is 16.0. The van der Waals surface area contributed by atoms with Gasteiger partial charge >= 0.3 is 0 Å². The van der Waals surface area contributed by atoms with Crippen LogP contribution in [0.1, 0.15) is 24.3 Å². The van der Waals surface area contributed by atoms with Gasteiger partial charge < -0.3 is 21.1 Å². The first kappa shape index (κ1) is 23.3. The first-order valence-corrected chi connectivity index (χ1v) is 12.2. The smallest absolute Gasteiger partial charge is 0.229 e. The van der Waals surface area contributed by atoms with Gasteiger partial charge in [0.25, 0.3) is 0 Å². The lowest BCUT2D eigenvalue weighted by Crippen LogP contribution is -2.26. The van der Waals surface area contributed by atoms with E-state index in [0.717, 1.165) is 35.6 Å². The predicted molar refractivity (Wildman–Crippen MR) is 140 cm³/mol. The maximum absolute atomic E-state index is 9.24. The largest absolute Gasteiger partial charge is 0.394 e. The predicted octanol–water partition coefficient (Wildman–Crippen LogP) is 4.94. The van der Waals surface area contributed by atoms with Crippen molar-refractivity contribution < 1.29 is 5.11 Å². The lowest BCUT2D eigenvalue weighted by atomic mass is 9.90. The highest BCUT2D eigenvalue weighted by atomic mass is 35.5. The molecule has 0 saturated carbocycles. The van der Waals surface area contributed by atoms with Gasteiger partial charge in [0.1, 0.15) is 5.82 Å². The lowest BCUT2D eigenvalue weighted by Gasteiger charge is -2.23. The summed E-state index contributed by atoms with van der Waals surface area (Å²) in [6.45, 7) is 2.59. The Morgan fingerprint density at radius 2 is 1.86 bits per heavy atom. The van der Waals surface area contributed by atoms with Crippen LogP contribution >= 0.6 is 11.6 Å². The zero-order chi connectivity index (χ0) is 24.0. The molecule has 0 atom stereocenters. The van der Waals surface area contributed by atoms with Crippen molar-refractivity contribution >= 4 is 34.7 Å². The van der Waals surface area contributed by atoms with Crippen LogP contribution in [0.3, 0.4) is 0 Å². The number of nitrogens with zero attached hydrogens (tertiary/aromatic N) is 4. The van der Waals surface area contributed by atoms with Gasteiger partial charge in [-0.3, -0.25) is 4.68 Å². The van der Waals surface area contributed by atoms with E-state index in [-0.39, 0.29) is 6.61 Å². The molecule has 2 aromatic carbocycles. The van der Waals surface area contributed by atoms with Crippen molar-refractivity contribution in [3.05, 3.63) is 77.7 Å². The summed E-state index contributed by atoms with van der Waals surface area (Å²) in [5.74, 6) is 1.71. The Labute approximate surface area is 209 Å². The van der Waals surface area contributed by atoms with Crippen LogP contribution in [0.15, 0.2) is 67.1 Å². The van der Waals surface area contributed by atoms with Gasteiger partial charge in [-0.25, -0.2) is 4.98 Å². The third-order valence-electron chi connectivity index (χ3n) is 6.13. The Bertz CT molecular complexity index is 1270. The van der Waals surface area contributed by atoms with Crippen LogP contribution in [-0.4, -0.2) is 44.6 Å². The third-order valence-corrected chi connectivity index (χ3v) is 6.36. The molecule has 1 aliphatic rings. The molecule has 4 N–H and O–H groups in total. The van der Waals surface area contributed by atoms with Gasteiger partial charge in [-0.1, -0.05) is 29.8 Å². The van der Waals surface area contributed by atoms with E-state index in [1.165, 1.54) is 18.4 Å². The summed E-state index contributed by atoms with van der Waals surface area (Å²) < 4.78 is 1.70. The molecule has 9 heteroatoms. The Kier molecular flexibility index (Phi) is 7.23. The molecule has 0 unspecified atom stereocenters. The van der Waals surface area contributed by atoms with E-state index < -0.39 is 0 Å². The topological polar surface area (TPSA) is 99.9 Å². The quantitative estimate of drug-likeness (QED) is 0.278. The zero-order valence-electron chi connectivity index (χ0n) is 19.3. The second-order valence-corrected chi connectivity index (χ2v) is 9.01. The Hall–Kier alpha value is -3.46. The number of benzene rings is 2. The number of hydrogen-bond acceptors (Lipinski definition) is 7. The number of piperidine rings is 1. The van der Waals surface area contributed by atoms with Crippen LogP contribution in [0, 0.1) is 0 Å². The minimum Gasteiger partial charge on any atom is -0.394 e. The molecular weight excluding hydrogens is 462 g/mol. The summed E-state index contributed by atoms with van der Waals surface area (Å²) in [5.41, 5.74) is 4.79. The first-order chi connectivity index (χ1) is 17.2. The summed E-state index contributed by atoms with van der Waals surface area (Å²) >= 11 is 6.13. The highest BCUT2D eigenvalue weighted by Crippen LogP contribution is 2.31. The van der Waals surface area contributed by atoms with E-state index in [0.29, 0.717) is 29.3 Å². The second-order valence-electron chi connectivity index (χ2n) is 8.58. The molecule has 5 rings (SSSR count). The first-order valence-electron chi connectivity index (χ1n) is 11.8. The summed E-state index contributed by atoms with van der Waals surface area (Å²) in [5, 5.41) is 24.3. The number of aliphatic hydroxyl groups excluding tert-OH is 1. The molecule has 0 aliphatic carbocycles. The number of rotatable bonds is 8. The molecule has 0 spiro atoms. The minimum absolute atomic E-state index is 0.0224. The highest BCUT2D eigenvalue weighted by Gasteiger charge is 2.16. The molecular formula is C26H28ClN7O. The number of hydrogen-bond donors (Lipinski definition) is 4. The van der Waals surface area contributed by atoms with Crippen LogP contribution < -0.4 is 16.0 Å². The molecule has 1 saturated heterocycles. The molecule has 0 radical (unpaired) electrons. The summed E-state index contributed by atoms with van der Waals surface area (Å²) in [6.07, 6.45) is 7.73. The van der Waals surface area contributed by atoms with Crippen molar-refractivity contribution in [2.45, 2.75) is 25.3 Å². The lowest BCUT2D eigenvalue weighted by molar-refractivity contribution is 0.269. The van der Waals surface area contributed by atoms with Gasteiger partial charge in [-0.15, -0.1) is 0 Å².